The van der Waals surface area contributed by atoms with E-state index in [-0.39, 0.29) is 11.8 Å². The zero-order valence-corrected chi connectivity index (χ0v) is 9.26. The number of aromatic nitrogens is 1. The summed E-state index contributed by atoms with van der Waals surface area (Å²) >= 11 is 0. The number of hydrogen-bond acceptors (Lipinski definition) is 0. The predicted molar refractivity (Wildman–Crippen MR) is 55.8 cm³/mol. The molecule has 0 spiro atoms. The number of halogens is 6. The molecule has 0 N–H and O–H groups in total. The maximum absolute atomic E-state index is 12.6. The van der Waals surface area contributed by atoms with Gasteiger partial charge in [0.2, 0.25) is 0 Å². The summed E-state index contributed by atoms with van der Waals surface area (Å²) in [6.45, 7) is 0. The molecular weight excluding hydrogens is 272 g/mol. The second-order valence-corrected chi connectivity index (χ2v) is 3.85. The summed E-state index contributed by atoms with van der Waals surface area (Å²) in [4.78, 5) is 0. The lowest BCUT2D eigenvalue weighted by molar-refractivity contribution is -0.143. The van der Waals surface area contributed by atoms with Crippen LogP contribution in [0.1, 0.15) is 11.1 Å². The van der Waals surface area contributed by atoms with E-state index in [9.17, 15) is 26.3 Å². The van der Waals surface area contributed by atoms with E-state index in [1.165, 1.54) is 29.1 Å². The van der Waals surface area contributed by atoms with Gasteiger partial charge in [-0.05, 0) is 30.3 Å². The Morgan fingerprint density at radius 2 is 1.11 bits per heavy atom. The molecule has 0 aliphatic heterocycles. The number of hydrogen-bond donors (Lipinski definition) is 0. The van der Waals surface area contributed by atoms with Gasteiger partial charge in [0.15, 0.2) is 0 Å². The summed E-state index contributed by atoms with van der Waals surface area (Å²) < 4.78 is 76.8. The van der Waals surface area contributed by atoms with Crippen molar-refractivity contribution in [2.45, 2.75) is 12.4 Å². The van der Waals surface area contributed by atoms with Crippen molar-refractivity contribution in [2.75, 3.05) is 0 Å². The minimum Gasteiger partial charge on any atom is -0.324 e. The van der Waals surface area contributed by atoms with Gasteiger partial charge in [-0.3, -0.25) is 0 Å². The van der Waals surface area contributed by atoms with Crippen molar-refractivity contribution in [3.05, 3.63) is 53.9 Å². The Morgan fingerprint density at radius 3 is 1.47 bits per heavy atom. The average molecular weight is 279 g/mol. The molecule has 1 heterocycles. The summed E-state index contributed by atoms with van der Waals surface area (Å²) in [5.74, 6) is 0. The van der Waals surface area contributed by atoms with Crippen LogP contribution in [-0.4, -0.2) is 4.57 Å². The zero-order chi connectivity index (χ0) is 14.3. The van der Waals surface area contributed by atoms with E-state index in [1.807, 2.05) is 0 Å². The minimum atomic E-state index is -4.83. The molecule has 0 unspecified atom stereocenters. The van der Waals surface area contributed by atoms with E-state index in [1.54, 1.807) is 0 Å². The van der Waals surface area contributed by atoms with Crippen LogP contribution in [-0.2, 0) is 12.4 Å². The predicted octanol–water partition coefficient (Wildman–Crippen LogP) is 4.51. The first kappa shape index (κ1) is 13.5. The quantitative estimate of drug-likeness (QED) is 0.677. The molecule has 0 radical (unpaired) electrons. The van der Waals surface area contributed by atoms with E-state index in [4.69, 9.17) is 0 Å². The highest BCUT2D eigenvalue weighted by Gasteiger charge is 2.37. The molecule has 0 atom stereocenters. The summed E-state index contributed by atoms with van der Waals surface area (Å²) in [5, 5.41) is 0. The lowest BCUT2D eigenvalue weighted by Crippen LogP contribution is -2.12. The third-order valence-corrected chi connectivity index (χ3v) is 2.48. The maximum atomic E-state index is 12.6. The van der Waals surface area contributed by atoms with E-state index < -0.39 is 23.5 Å². The highest BCUT2D eigenvalue weighted by molar-refractivity contribution is 5.42. The molecule has 7 heteroatoms. The molecule has 19 heavy (non-hydrogen) atoms. The van der Waals surface area contributed by atoms with Gasteiger partial charge in [0.1, 0.15) is 0 Å². The highest BCUT2D eigenvalue weighted by atomic mass is 19.4. The van der Waals surface area contributed by atoms with E-state index in [2.05, 4.69) is 0 Å². The van der Waals surface area contributed by atoms with Crippen LogP contribution in [0.15, 0.2) is 42.7 Å². The maximum Gasteiger partial charge on any atom is 0.416 e. The molecule has 0 saturated carbocycles. The Hall–Kier alpha value is -1.92. The second kappa shape index (κ2) is 4.32. The first-order valence-electron chi connectivity index (χ1n) is 5.11. The normalized spacial score (nSPS) is 12.7. The van der Waals surface area contributed by atoms with Crippen molar-refractivity contribution in [3.8, 4) is 5.69 Å². The van der Waals surface area contributed by atoms with Crippen molar-refractivity contribution in [3.63, 3.8) is 0 Å². The Labute approximate surface area is 104 Å². The third-order valence-electron chi connectivity index (χ3n) is 2.48. The largest absolute Gasteiger partial charge is 0.416 e. The molecule has 0 saturated heterocycles. The summed E-state index contributed by atoms with van der Waals surface area (Å²) in [6.07, 6.45) is -6.92. The van der Waals surface area contributed by atoms with Gasteiger partial charge < -0.3 is 4.57 Å². The van der Waals surface area contributed by atoms with Gasteiger partial charge in [-0.15, -0.1) is 0 Å². The van der Waals surface area contributed by atoms with Gasteiger partial charge in [-0.2, -0.15) is 26.3 Å². The summed E-state index contributed by atoms with van der Waals surface area (Å²) in [7, 11) is 0. The standard InChI is InChI=1S/C12H7F6N/c13-11(14,15)8-5-9(12(16,17)18)7-10(6-8)19-3-1-2-4-19/h1-7H. The van der Waals surface area contributed by atoms with Crippen LogP contribution in [0.2, 0.25) is 0 Å². The number of rotatable bonds is 1. The minimum absolute atomic E-state index is 0.104. The first-order valence-corrected chi connectivity index (χ1v) is 5.11. The molecule has 1 aromatic heterocycles. The molecule has 0 bridgehead atoms. The number of nitrogens with zero attached hydrogens (tertiary/aromatic N) is 1. The van der Waals surface area contributed by atoms with E-state index >= 15 is 0 Å². The third kappa shape index (κ3) is 2.91. The molecule has 102 valence electrons. The second-order valence-electron chi connectivity index (χ2n) is 3.85. The molecule has 0 aliphatic carbocycles. The van der Waals surface area contributed by atoms with Crippen LogP contribution in [0.25, 0.3) is 5.69 Å². The van der Waals surface area contributed by atoms with Crippen LogP contribution in [0.5, 0.6) is 0 Å². The molecule has 0 amide bonds. The van der Waals surface area contributed by atoms with Gasteiger partial charge in [0, 0.05) is 18.1 Å². The van der Waals surface area contributed by atoms with Crippen LogP contribution in [0.3, 0.4) is 0 Å². The van der Waals surface area contributed by atoms with Crippen molar-refractivity contribution in [2.24, 2.45) is 0 Å². The highest BCUT2D eigenvalue weighted by Crippen LogP contribution is 2.37. The van der Waals surface area contributed by atoms with E-state index in [0.717, 1.165) is 0 Å². The van der Waals surface area contributed by atoms with Crippen molar-refractivity contribution >= 4 is 0 Å². The van der Waals surface area contributed by atoms with Gasteiger partial charge >= 0.3 is 12.4 Å². The lowest BCUT2D eigenvalue weighted by Gasteiger charge is -2.14. The van der Waals surface area contributed by atoms with Crippen LogP contribution < -0.4 is 0 Å². The van der Waals surface area contributed by atoms with Crippen LogP contribution in [0, 0.1) is 0 Å². The van der Waals surface area contributed by atoms with Gasteiger partial charge in [0.25, 0.3) is 0 Å². The SMILES string of the molecule is FC(F)(F)c1cc(-n2cccc2)cc(C(F)(F)F)c1. The monoisotopic (exact) mass is 279 g/mol. The number of benzene rings is 1. The number of alkyl halides is 6. The Bertz CT molecular complexity index is 533. The zero-order valence-electron chi connectivity index (χ0n) is 9.26. The Balaban J connectivity index is 2.62. The average Bonchev–Trinajstić information content (AvgIpc) is 2.79. The summed E-state index contributed by atoms with van der Waals surface area (Å²) in [5.41, 5.74) is -2.84. The van der Waals surface area contributed by atoms with Crippen molar-refractivity contribution < 1.29 is 26.3 Å². The molecule has 2 aromatic rings. The van der Waals surface area contributed by atoms with Gasteiger partial charge in [-0.25, -0.2) is 0 Å². The fourth-order valence-electron chi connectivity index (χ4n) is 1.59. The summed E-state index contributed by atoms with van der Waals surface area (Å²) in [6, 6.07) is 4.47. The van der Waals surface area contributed by atoms with Gasteiger partial charge in [-0.1, -0.05) is 0 Å². The molecular formula is C12H7F6N. The topological polar surface area (TPSA) is 4.93 Å². The Morgan fingerprint density at radius 1 is 0.684 bits per heavy atom. The van der Waals surface area contributed by atoms with Crippen molar-refractivity contribution in [1.29, 1.82) is 0 Å². The molecule has 0 fully saturated rings. The van der Waals surface area contributed by atoms with Crippen LogP contribution >= 0.6 is 0 Å². The van der Waals surface area contributed by atoms with Gasteiger partial charge in [0.05, 0.1) is 11.1 Å². The Kier molecular flexibility index (Phi) is 3.07. The first-order chi connectivity index (χ1) is 8.68. The molecule has 2 rings (SSSR count). The fraction of sp³-hybridized carbons (Fsp3) is 0.167. The lowest BCUT2D eigenvalue weighted by atomic mass is 10.1. The fourth-order valence-corrected chi connectivity index (χ4v) is 1.59. The molecule has 0 aliphatic rings. The smallest absolute Gasteiger partial charge is 0.324 e. The van der Waals surface area contributed by atoms with Crippen LogP contribution in [0.4, 0.5) is 26.3 Å². The van der Waals surface area contributed by atoms with Crippen molar-refractivity contribution in [1.82, 2.24) is 4.57 Å². The van der Waals surface area contributed by atoms with E-state index in [0.29, 0.717) is 12.1 Å². The molecule has 1 nitrogen and oxygen atoms in total. The molecule has 1 aromatic carbocycles.